The van der Waals surface area contributed by atoms with E-state index in [0.29, 0.717) is 5.69 Å². The molecule has 0 atom stereocenters. The smallest absolute Gasteiger partial charge is 0.328 e. The van der Waals surface area contributed by atoms with E-state index < -0.39 is 36.1 Å². The topological polar surface area (TPSA) is 110 Å². The second-order valence-corrected chi connectivity index (χ2v) is 6.70. The van der Waals surface area contributed by atoms with Crippen LogP contribution in [0.2, 0.25) is 0 Å². The minimum Gasteiger partial charge on any atom is -0.454 e. The summed E-state index contributed by atoms with van der Waals surface area (Å²) in [5.41, 5.74) is -0.428. The number of esters is 1. The number of aromatic nitrogens is 2. The lowest BCUT2D eigenvalue weighted by Crippen LogP contribution is -2.33. The molecule has 0 bridgehead atoms. The highest BCUT2D eigenvalue weighted by Crippen LogP contribution is 2.18. The van der Waals surface area contributed by atoms with E-state index in [9.17, 15) is 19.2 Å². The van der Waals surface area contributed by atoms with Gasteiger partial charge in [0, 0.05) is 10.6 Å². The molecule has 0 radical (unpaired) electrons. The van der Waals surface area contributed by atoms with Gasteiger partial charge < -0.3 is 10.1 Å². The van der Waals surface area contributed by atoms with Gasteiger partial charge in [-0.15, -0.1) is 11.8 Å². The summed E-state index contributed by atoms with van der Waals surface area (Å²) in [6.45, 7) is -1.01. The summed E-state index contributed by atoms with van der Waals surface area (Å²) in [5, 5.41) is 5.40. The van der Waals surface area contributed by atoms with Crippen molar-refractivity contribution < 1.29 is 14.3 Å². The van der Waals surface area contributed by atoms with Crippen LogP contribution in [0.25, 0.3) is 10.8 Å². The van der Waals surface area contributed by atoms with Gasteiger partial charge in [0.1, 0.15) is 6.54 Å². The van der Waals surface area contributed by atoms with Crippen LogP contribution in [-0.4, -0.2) is 34.5 Å². The van der Waals surface area contributed by atoms with E-state index in [2.05, 4.69) is 10.4 Å². The van der Waals surface area contributed by atoms with Crippen LogP contribution in [0.5, 0.6) is 0 Å². The minimum atomic E-state index is -0.818. The van der Waals surface area contributed by atoms with Crippen LogP contribution in [-0.2, 0) is 20.9 Å². The lowest BCUT2D eigenvalue weighted by molar-refractivity contribution is -0.148. The van der Waals surface area contributed by atoms with Crippen LogP contribution in [0.3, 0.4) is 0 Å². The van der Waals surface area contributed by atoms with Crippen molar-refractivity contribution in [3.63, 3.8) is 0 Å². The van der Waals surface area contributed by atoms with Gasteiger partial charge in [-0.25, -0.2) is 4.68 Å². The number of thioether (sulfide) groups is 1. The zero-order valence-corrected chi connectivity index (χ0v) is 15.7. The highest BCUT2D eigenvalue weighted by atomic mass is 32.2. The lowest BCUT2D eigenvalue weighted by atomic mass is 10.2. The average Bonchev–Trinajstić information content (AvgIpc) is 2.70. The zero-order chi connectivity index (χ0) is 20.1. The number of ether oxygens (including phenoxy) is 1. The summed E-state index contributed by atoms with van der Waals surface area (Å²) >= 11 is 1.53. The molecule has 3 rings (SSSR count). The Labute approximate surface area is 163 Å². The molecular formula is C19H17N3O5S. The molecule has 8 nitrogen and oxygen atoms in total. The Morgan fingerprint density at radius 1 is 1.11 bits per heavy atom. The molecule has 1 aromatic heterocycles. The SMILES string of the molecule is CSc1cccc(NC(=O)COC(=O)Cn2[nH]c(=O)c3ccccc3c2=O)c1. The second kappa shape index (κ2) is 8.57. The monoisotopic (exact) mass is 399 g/mol. The first-order valence-corrected chi connectivity index (χ1v) is 9.52. The number of hydrogen-bond donors (Lipinski definition) is 2. The van der Waals surface area contributed by atoms with E-state index in [-0.39, 0.29) is 10.8 Å². The molecule has 3 aromatic rings. The van der Waals surface area contributed by atoms with Crippen LogP contribution in [0.4, 0.5) is 5.69 Å². The van der Waals surface area contributed by atoms with Crippen molar-refractivity contribution in [3.05, 3.63) is 69.2 Å². The number of hydrogen-bond acceptors (Lipinski definition) is 6. The van der Waals surface area contributed by atoms with E-state index in [4.69, 9.17) is 4.74 Å². The molecule has 28 heavy (non-hydrogen) atoms. The van der Waals surface area contributed by atoms with E-state index in [0.717, 1.165) is 9.58 Å². The molecule has 0 aliphatic carbocycles. The van der Waals surface area contributed by atoms with Crippen LogP contribution in [0.1, 0.15) is 0 Å². The van der Waals surface area contributed by atoms with Crippen molar-refractivity contribution >= 4 is 40.1 Å². The molecule has 2 aromatic carbocycles. The van der Waals surface area contributed by atoms with E-state index in [1.807, 2.05) is 12.3 Å². The number of carbonyl (C=O) groups is 2. The summed E-state index contributed by atoms with van der Waals surface area (Å²) in [6.07, 6.45) is 1.92. The van der Waals surface area contributed by atoms with Gasteiger partial charge in [-0.1, -0.05) is 18.2 Å². The van der Waals surface area contributed by atoms with E-state index >= 15 is 0 Å². The maximum absolute atomic E-state index is 12.4. The number of carbonyl (C=O) groups excluding carboxylic acids is 2. The van der Waals surface area contributed by atoms with Crippen molar-refractivity contribution in [3.8, 4) is 0 Å². The van der Waals surface area contributed by atoms with E-state index in [1.54, 1.807) is 30.3 Å². The second-order valence-electron chi connectivity index (χ2n) is 5.82. The molecule has 0 aliphatic heterocycles. The Morgan fingerprint density at radius 3 is 2.61 bits per heavy atom. The fourth-order valence-electron chi connectivity index (χ4n) is 2.58. The Kier molecular flexibility index (Phi) is 5.95. The molecule has 0 spiro atoms. The normalized spacial score (nSPS) is 10.6. The Hall–Kier alpha value is -3.33. The summed E-state index contributed by atoms with van der Waals surface area (Å²) in [4.78, 5) is 49.3. The average molecular weight is 399 g/mol. The first kappa shape index (κ1) is 19.4. The van der Waals surface area contributed by atoms with Crippen molar-refractivity contribution in [1.82, 2.24) is 9.78 Å². The van der Waals surface area contributed by atoms with Gasteiger partial charge in [0.05, 0.1) is 10.8 Å². The predicted molar refractivity (Wildman–Crippen MR) is 107 cm³/mol. The third kappa shape index (κ3) is 4.49. The summed E-state index contributed by atoms with van der Waals surface area (Å²) in [6, 6.07) is 13.5. The molecule has 0 unspecified atom stereocenters. The third-order valence-corrected chi connectivity index (χ3v) is 4.61. The Balaban J connectivity index is 1.62. The zero-order valence-electron chi connectivity index (χ0n) is 14.9. The number of H-pyrrole nitrogens is 1. The first-order valence-electron chi connectivity index (χ1n) is 8.29. The van der Waals surface area contributed by atoms with Crippen molar-refractivity contribution in [2.75, 3.05) is 18.2 Å². The van der Waals surface area contributed by atoms with Crippen LogP contribution in [0.15, 0.2) is 63.0 Å². The quantitative estimate of drug-likeness (QED) is 0.481. The summed E-state index contributed by atoms with van der Waals surface area (Å²) in [7, 11) is 0. The fourth-order valence-corrected chi connectivity index (χ4v) is 3.04. The summed E-state index contributed by atoms with van der Waals surface area (Å²) < 4.78 is 5.77. The number of benzene rings is 2. The molecule has 0 fully saturated rings. The van der Waals surface area contributed by atoms with Gasteiger partial charge in [0.2, 0.25) is 0 Å². The lowest BCUT2D eigenvalue weighted by Gasteiger charge is -2.09. The first-order chi connectivity index (χ1) is 13.5. The van der Waals surface area contributed by atoms with Crippen molar-refractivity contribution in [2.24, 2.45) is 0 Å². The van der Waals surface area contributed by atoms with Crippen LogP contribution in [0, 0.1) is 0 Å². The van der Waals surface area contributed by atoms with Gasteiger partial charge in [-0.3, -0.25) is 24.3 Å². The van der Waals surface area contributed by atoms with Gasteiger partial charge >= 0.3 is 5.97 Å². The van der Waals surface area contributed by atoms with Crippen LogP contribution < -0.4 is 16.4 Å². The number of fused-ring (bicyclic) bond motifs is 1. The van der Waals surface area contributed by atoms with Crippen molar-refractivity contribution in [1.29, 1.82) is 0 Å². The highest BCUT2D eigenvalue weighted by molar-refractivity contribution is 7.98. The number of nitrogens with zero attached hydrogens (tertiary/aromatic N) is 1. The molecule has 9 heteroatoms. The van der Waals surface area contributed by atoms with Crippen molar-refractivity contribution in [2.45, 2.75) is 11.4 Å². The fraction of sp³-hybridized carbons (Fsp3) is 0.158. The molecule has 1 amide bonds. The molecule has 0 saturated carbocycles. The largest absolute Gasteiger partial charge is 0.454 e. The number of anilines is 1. The molecule has 144 valence electrons. The Bertz CT molecular complexity index is 1150. The third-order valence-electron chi connectivity index (χ3n) is 3.89. The summed E-state index contributed by atoms with van der Waals surface area (Å²) in [5.74, 6) is -1.33. The molecule has 1 heterocycles. The number of nitrogens with one attached hydrogen (secondary N) is 2. The number of amides is 1. The van der Waals surface area contributed by atoms with Gasteiger partial charge in [-0.05, 0) is 36.6 Å². The van der Waals surface area contributed by atoms with Crippen LogP contribution >= 0.6 is 11.8 Å². The standard InChI is InChI=1S/C19H17N3O5S/c1-28-13-6-4-5-12(9-13)20-16(23)11-27-17(24)10-22-19(26)15-8-3-2-7-14(15)18(25)21-22/h2-9H,10-11H2,1H3,(H,20,23)(H,21,25). The number of aromatic amines is 1. The molecular weight excluding hydrogens is 382 g/mol. The predicted octanol–water partition coefficient (Wildman–Crippen LogP) is 1.59. The molecule has 0 saturated heterocycles. The highest BCUT2D eigenvalue weighted by Gasteiger charge is 2.13. The molecule has 2 N–H and O–H groups in total. The molecule has 0 aliphatic rings. The minimum absolute atomic E-state index is 0.200. The van der Waals surface area contributed by atoms with Gasteiger partial charge in [0.15, 0.2) is 6.61 Å². The van der Waals surface area contributed by atoms with Gasteiger partial charge in [0.25, 0.3) is 17.0 Å². The van der Waals surface area contributed by atoms with Gasteiger partial charge in [-0.2, -0.15) is 0 Å². The maximum atomic E-state index is 12.4. The van der Waals surface area contributed by atoms with E-state index in [1.165, 1.54) is 23.9 Å². The maximum Gasteiger partial charge on any atom is 0.328 e. The Morgan fingerprint density at radius 2 is 1.86 bits per heavy atom. The number of rotatable bonds is 6.